The Morgan fingerprint density at radius 3 is 2.34 bits per heavy atom. The molecular weight excluding hydrogens is 396 g/mol. The molecule has 0 bridgehead atoms. The van der Waals surface area contributed by atoms with Crippen molar-refractivity contribution in [2.45, 2.75) is 6.92 Å². The van der Waals surface area contributed by atoms with Crippen molar-refractivity contribution in [1.29, 1.82) is 0 Å². The zero-order valence-corrected chi connectivity index (χ0v) is 17.9. The number of likely N-dealkylation sites (N-methyl/N-ethyl adjacent to an activating group) is 2. The molecule has 2 heterocycles. The van der Waals surface area contributed by atoms with E-state index in [4.69, 9.17) is 9.47 Å². The molecule has 0 spiro atoms. The molecule has 2 aliphatic rings. The standard InChI is InChI=1S/C19H26N4O5S/c1-5-22-8-10-23(11-9-22)19(24)16-13-15(20-29(25,26)21(16)2)14-6-7-17(27-3)18(12-14)28-4/h6-7,12-13H,5,8-11H2,1-4H3. The average Bonchev–Trinajstić information content (AvgIpc) is 2.74. The third-order valence-corrected chi connectivity index (χ3v) is 6.49. The van der Waals surface area contributed by atoms with E-state index >= 15 is 0 Å². The molecule has 0 N–H and O–H groups in total. The van der Waals surface area contributed by atoms with E-state index in [1.165, 1.54) is 27.3 Å². The molecule has 2 aliphatic heterocycles. The first-order valence-corrected chi connectivity index (χ1v) is 10.7. The van der Waals surface area contributed by atoms with E-state index < -0.39 is 10.2 Å². The Labute approximate surface area is 171 Å². The first-order chi connectivity index (χ1) is 13.8. The number of benzene rings is 1. The average molecular weight is 423 g/mol. The van der Waals surface area contributed by atoms with Gasteiger partial charge in [0.25, 0.3) is 5.91 Å². The van der Waals surface area contributed by atoms with Crippen LogP contribution in [0.5, 0.6) is 11.5 Å². The first-order valence-electron chi connectivity index (χ1n) is 9.35. The number of methoxy groups -OCH3 is 2. The number of carbonyl (C=O) groups is 1. The Morgan fingerprint density at radius 1 is 1.10 bits per heavy atom. The third kappa shape index (κ3) is 4.23. The van der Waals surface area contributed by atoms with Gasteiger partial charge >= 0.3 is 10.2 Å². The summed E-state index contributed by atoms with van der Waals surface area (Å²) < 4.78 is 40.5. The second-order valence-corrected chi connectivity index (χ2v) is 8.37. The van der Waals surface area contributed by atoms with Gasteiger partial charge in [-0.3, -0.25) is 4.79 Å². The summed E-state index contributed by atoms with van der Waals surface area (Å²) in [5.41, 5.74) is 0.773. The maximum Gasteiger partial charge on any atom is 0.345 e. The quantitative estimate of drug-likeness (QED) is 0.695. The highest BCUT2D eigenvalue weighted by Gasteiger charge is 2.33. The van der Waals surface area contributed by atoms with Crippen LogP contribution < -0.4 is 9.47 Å². The van der Waals surface area contributed by atoms with Crippen LogP contribution in [0.15, 0.2) is 34.4 Å². The highest BCUT2D eigenvalue weighted by molar-refractivity contribution is 7.88. The minimum atomic E-state index is -4.02. The van der Waals surface area contributed by atoms with Gasteiger partial charge in [0.15, 0.2) is 11.5 Å². The minimum absolute atomic E-state index is 0.0785. The summed E-state index contributed by atoms with van der Waals surface area (Å²) in [6.07, 6.45) is 1.51. The summed E-state index contributed by atoms with van der Waals surface area (Å²) in [7, 11) is 0.338. The van der Waals surface area contributed by atoms with Crippen LogP contribution in [0.1, 0.15) is 12.5 Å². The van der Waals surface area contributed by atoms with Crippen molar-refractivity contribution in [2.24, 2.45) is 4.40 Å². The Kier molecular flexibility index (Phi) is 6.13. The number of ether oxygens (including phenoxy) is 2. The number of hydrogen-bond donors (Lipinski definition) is 0. The molecule has 0 aliphatic carbocycles. The lowest BCUT2D eigenvalue weighted by atomic mass is 10.1. The van der Waals surface area contributed by atoms with Gasteiger partial charge in [0.1, 0.15) is 5.70 Å². The number of carbonyl (C=O) groups excluding carboxylic acids is 1. The molecule has 3 rings (SSSR count). The molecule has 0 radical (unpaired) electrons. The van der Waals surface area contributed by atoms with Gasteiger partial charge in [-0.1, -0.05) is 6.92 Å². The largest absolute Gasteiger partial charge is 0.493 e. The lowest BCUT2D eigenvalue weighted by Gasteiger charge is -2.36. The molecule has 1 fully saturated rings. The monoisotopic (exact) mass is 422 g/mol. The van der Waals surface area contributed by atoms with Crippen LogP contribution in [0.4, 0.5) is 0 Å². The normalized spacial score (nSPS) is 19.4. The fourth-order valence-electron chi connectivity index (χ4n) is 3.31. The van der Waals surface area contributed by atoms with Crippen LogP contribution >= 0.6 is 0 Å². The number of hydrogen-bond acceptors (Lipinski definition) is 6. The van der Waals surface area contributed by atoms with Crippen LogP contribution in [0.2, 0.25) is 0 Å². The number of piperazine rings is 1. The Morgan fingerprint density at radius 2 is 1.76 bits per heavy atom. The zero-order valence-electron chi connectivity index (χ0n) is 17.1. The lowest BCUT2D eigenvalue weighted by molar-refractivity contribution is -0.129. The van der Waals surface area contributed by atoms with Crippen molar-refractivity contribution in [2.75, 3.05) is 54.0 Å². The Bertz CT molecular complexity index is 949. The second kappa shape index (κ2) is 8.42. The summed E-state index contributed by atoms with van der Waals surface area (Å²) in [6, 6.07) is 4.98. The highest BCUT2D eigenvalue weighted by Crippen LogP contribution is 2.29. The summed E-state index contributed by atoms with van der Waals surface area (Å²) in [5, 5.41) is 0. The molecule has 10 heteroatoms. The zero-order chi connectivity index (χ0) is 21.2. The van der Waals surface area contributed by atoms with Gasteiger partial charge in [0.2, 0.25) is 0 Å². The van der Waals surface area contributed by atoms with Crippen LogP contribution in [0.3, 0.4) is 0 Å². The molecule has 0 aromatic heterocycles. The number of rotatable bonds is 5. The van der Waals surface area contributed by atoms with Crippen LogP contribution in [-0.2, 0) is 15.0 Å². The first kappa shape index (κ1) is 21.1. The van der Waals surface area contributed by atoms with Gasteiger partial charge < -0.3 is 19.3 Å². The maximum atomic E-state index is 13.1. The fraction of sp³-hybridized carbons (Fsp3) is 0.474. The molecule has 29 heavy (non-hydrogen) atoms. The minimum Gasteiger partial charge on any atom is -0.493 e. The SMILES string of the molecule is CCN1CCN(C(=O)C2=CC(c3ccc(OC)c(OC)c3)=NS(=O)(=O)N2C)CC1. The van der Waals surface area contributed by atoms with E-state index in [1.54, 1.807) is 23.1 Å². The van der Waals surface area contributed by atoms with Crippen molar-refractivity contribution >= 4 is 21.8 Å². The third-order valence-electron chi connectivity index (χ3n) is 5.18. The highest BCUT2D eigenvalue weighted by atomic mass is 32.2. The number of nitrogens with zero attached hydrogens (tertiary/aromatic N) is 4. The van der Waals surface area contributed by atoms with Crippen molar-refractivity contribution in [3.8, 4) is 11.5 Å². The molecule has 0 unspecified atom stereocenters. The molecule has 1 aromatic carbocycles. The Balaban J connectivity index is 1.95. The predicted molar refractivity (Wildman–Crippen MR) is 110 cm³/mol. The topological polar surface area (TPSA) is 91.7 Å². The van der Waals surface area contributed by atoms with Crippen LogP contribution in [-0.4, -0.2) is 88.1 Å². The molecule has 158 valence electrons. The van der Waals surface area contributed by atoms with Gasteiger partial charge in [-0.15, -0.1) is 4.40 Å². The van der Waals surface area contributed by atoms with Crippen molar-refractivity contribution in [3.05, 3.63) is 35.5 Å². The van der Waals surface area contributed by atoms with E-state index in [2.05, 4.69) is 16.2 Å². The van der Waals surface area contributed by atoms with Crippen molar-refractivity contribution < 1.29 is 22.7 Å². The summed E-state index contributed by atoms with van der Waals surface area (Å²) in [4.78, 5) is 17.0. The smallest absolute Gasteiger partial charge is 0.345 e. The lowest BCUT2D eigenvalue weighted by Crippen LogP contribution is -2.50. The predicted octanol–water partition coefficient (Wildman–Crippen LogP) is 0.731. The molecular formula is C19H26N4O5S. The molecule has 0 saturated carbocycles. The maximum absolute atomic E-state index is 13.1. The molecule has 1 saturated heterocycles. The molecule has 1 aromatic rings. The van der Waals surface area contributed by atoms with Gasteiger partial charge in [0.05, 0.1) is 19.9 Å². The molecule has 1 amide bonds. The van der Waals surface area contributed by atoms with E-state index in [0.717, 1.165) is 23.9 Å². The van der Waals surface area contributed by atoms with Crippen molar-refractivity contribution in [1.82, 2.24) is 14.1 Å². The summed E-state index contributed by atoms with van der Waals surface area (Å²) >= 11 is 0. The van der Waals surface area contributed by atoms with E-state index in [1.807, 2.05) is 0 Å². The fourth-order valence-corrected chi connectivity index (χ4v) is 4.22. The van der Waals surface area contributed by atoms with Gasteiger partial charge in [-0.05, 0) is 30.8 Å². The second-order valence-electron chi connectivity index (χ2n) is 6.75. The molecule has 9 nitrogen and oxygen atoms in total. The molecule has 0 atom stereocenters. The summed E-state index contributed by atoms with van der Waals surface area (Å²) in [6.45, 7) is 5.65. The van der Waals surface area contributed by atoms with E-state index in [9.17, 15) is 13.2 Å². The van der Waals surface area contributed by atoms with Crippen LogP contribution in [0.25, 0.3) is 0 Å². The van der Waals surface area contributed by atoms with E-state index in [0.29, 0.717) is 30.2 Å². The van der Waals surface area contributed by atoms with E-state index in [-0.39, 0.29) is 17.3 Å². The van der Waals surface area contributed by atoms with Crippen molar-refractivity contribution in [3.63, 3.8) is 0 Å². The number of amides is 1. The van der Waals surface area contributed by atoms with Gasteiger partial charge in [0, 0.05) is 38.8 Å². The summed E-state index contributed by atoms with van der Waals surface area (Å²) in [5.74, 6) is 0.641. The van der Waals surface area contributed by atoms with Gasteiger partial charge in [-0.25, -0.2) is 4.31 Å². The number of allylic oxidation sites excluding steroid dienone is 1. The van der Waals surface area contributed by atoms with Crippen LogP contribution in [0, 0.1) is 0 Å². The Hall–Kier alpha value is -2.59. The van der Waals surface area contributed by atoms with Gasteiger partial charge in [-0.2, -0.15) is 8.42 Å².